The molecule has 17 heavy (non-hydrogen) atoms. The Morgan fingerprint density at radius 2 is 2.24 bits per heavy atom. The Morgan fingerprint density at radius 1 is 1.41 bits per heavy atom. The molecule has 6 heteroatoms. The van der Waals surface area contributed by atoms with Gasteiger partial charge in [-0.3, -0.25) is 4.68 Å². The highest BCUT2D eigenvalue weighted by Gasteiger charge is 2.01. The number of pyridine rings is 1. The van der Waals surface area contributed by atoms with Crippen LogP contribution >= 0.6 is 15.9 Å². The molecule has 2 heterocycles. The van der Waals surface area contributed by atoms with Gasteiger partial charge in [0.15, 0.2) is 0 Å². The number of hydrogen-bond donors (Lipinski definition) is 1. The summed E-state index contributed by atoms with van der Waals surface area (Å²) in [5, 5.41) is 7.29. The van der Waals surface area contributed by atoms with Crippen molar-refractivity contribution in [2.75, 3.05) is 11.9 Å². The minimum absolute atomic E-state index is 0.792. The Bertz CT molecular complexity index is 508. The number of halogens is 1. The van der Waals surface area contributed by atoms with E-state index in [-0.39, 0.29) is 0 Å². The van der Waals surface area contributed by atoms with Crippen molar-refractivity contribution >= 4 is 21.7 Å². The van der Waals surface area contributed by atoms with Crippen LogP contribution in [-0.2, 0) is 13.5 Å². The lowest BCUT2D eigenvalue weighted by Gasteiger charge is -2.06. The first-order valence-electron chi connectivity index (χ1n) is 5.35. The molecule has 2 aromatic rings. The molecular weight excluding hydrogens is 282 g/mol. The van der Waals surface area contributed by atoms with Crippen molar-refractivity contribution in [1.29, 1.82) is 0 Å². The maximum atomic E-state index is 4.28. The quantitative estimate of drug-likeness (QED) is 0.936. The smallest absolute Gasteiger partial charge is 0.138 e. The molecule has 90 valence electrons. The molecule has 0 atom stereocenters. The summed E-state index contributed by atoms with van der Waals surface area (Å²) in [5.41, 5.74) is 1.17. The predicted molar refractivity (Wildman–Crippen MR) is 69.9 cm³/mol. The van der Waals surface area contributed by atoms with Gasteiger partial charge in [0.1, 0.15) is 18.0 Å². The van der Waals surface area contributed by atoms with Gasteiger partial charge in [0.2, 0.25) is 0 Å². The first-order chi connectivity index (χ1) is 8.16. The third kappa shape index (κ3) is 3.03. The molecular formula is C11H14BrN5. The fourth-order valence-corrected chi connectivity index (χ4v) is 1.70. The zero-order chi connectivity index (χ0) is 12.3. The van der Waals surface area contributed by atoms with Crippen LogP contribution in [0.5, 0.6) is 0 Å². The monoisotopic (exact) mass is 295 g/mol. The van der Waals surface area contributed by atoms with Crippen molar-refractivity contribution < 1.29 is 0 Å². The van der Waals surface area contributed by atoms with E-state index in [2.05, 4.69) is 36.3 Å². The molecule has 5 nitrogen and oxygen atoms in total. The number of nitrogens with zero attached hydrogens (tertiary/aromatic N) is 4. The van der Waals surface area contributed by atoms with E-state index in [1.165, 1.54) is 5.56 Å². The molecule has 0 saturated heterocycles. The van der Waals surface area contributed by atoms with Crippen LogP contribution in [0, 0.1) is 6.92 Å². The van der Waals surface area contributed by atoms with E-state index in [1.807, 2.05) is 20.0 Å². The predicted octanol–water partition coefficient (Wildman–Crippen LogP) is 1.94. The van der Waals surface area contributed by atoms with Gasteiger partial charge in [-0.1, -0.05) is 0 Å². The fourth-order valence-electron chi connectivity index (χ4n) is 1.48. The topological polar surface area (TPSA) is 55.6 Å². The average Bonchev–Trinajstić information content (AvgIpc) is 2.70. The van der Waals surface area contributed by atoms with Crippen molar-refractivity contribution in [1.82, 2.24) is 19.7 Å². The summed E-state index contributed by atoms with van der Waals surface area (Å²) in [4.78, 5) is 8.44. The number of aryl methyl sites for hydroxylation is 2. The van der Waals surface area contributed by atoms with Crippen LogP contribution < -0.4 is 5.32 Å². The Morgan fingerprint density at radius 3 is 2.88 bits per heavy atom. The van der Waals surface area contributed by atoms with Crippen LogP contribution in [0.4, 0.5) is 5.82 Å². The largest absolute Gasteiger partial charge is 0.370 e. The number of anilines is 1. The molecule has 0 aliphatic rings. The number of nitrogens with one attached hydrogen (secondary N) is 1. The summed E-state index contributed by atoms with van der Waals surface area (Å²) in [5.74, 6) is 1.85. The summed E-state index contributed by atoms with van der Waals surface area (Å²) in [6.07, 6.45) is 4.20. The molecule has 0 fully saturated rings. The van der Waals surface area contributed by atoms with Gasteiger partial charge in [0.05, 0.1) is 0 Å². The standard InChI is InChI=1S/C11H14BrN5/c1-8-5-10(14-6-9(8)12)13-4-3-11-15-7-16-17(11)2/h5-7H,3-4H2,1-2H3,(H,13,14). The van der Waals surface area contributed by atoms with Crippen molar-refractivity contribution in [3.8, 4) is 0 Å². The summed E-state index contributed by atoms with van der Waals surface area (Å²) >= 11 is 3.43. The molecule has 0 saturated carbocycles. The maximum absolute atomic E-state index is 4.28. The molecule has 0 bridgehead atoms. The minimum Gasteiger partial charge on any atom is -0.370 e. The summed E-state index contributed by atoms with van der Waals surface area (Å²) in [6.45, 7) is 2.83. The van der Waals surface area contributed by atoms with Gasteiger partial charge < -0.3 is 5.32 Å². The molecule has 0 amide bonds. The summed E-state index contributed by atoms with van der Waals surface area (Å²) < 4.78 is 2.80. The Kier molecular flexibility index (Phi) is 3.73. The minimum atomic E-state index is 0.792. The van der Waals surface area contributed by atoms with Gasteiger partial charge in [-0.05, 0) is 34.5 Å². The Labute approximate surface area is 108 Å². The van der Waals surface area contributed by atoms with Crippen LogP contribution in [0.2, 0.25) is 0 Å². The Balaban J connectivity index is 1.90. The first kappa shape index (κ1) is 12.0. The molecule has 0 aliphatic heterocycles. The lowest BCUT2D eigenvalue weighted by Crippen LogP contribution is -2.10. The van der Waals surface area contributed by atoms with Crippen molar-refractivity contribution in [3.05, 3.63) is 34.5 Å². The van der Waals surface area contributed by atoms with Crippen LogP contribution in [0.15, 0.2) is 23.1 Å². The second kappa shape index (κ2) is 5.27. The van der Waals surface area contributed by atoms with E-state index in [0.29, 0.717) is 0 Å². The summed E-state index contributed by atoms with van der Waals surface area (Å²) in [7, 11) is 1.89. The number of hydrogen-bond acceptors (Lipinski definition) is 4. The molecule has 0 unspecified atom stereocenters. The summed E-state index contributed by atoms with van der Waals surface area (Å²) in [6, 6.07) is 2.01. The van der Waals surface area contributed by atoms with Gasteiger partial charge in [0.25, 0.3) is 0 Å². The molecule has 0 aliphatic carbocycles. The fraction of sp³-hybridized carbons (Fsp3) is 0.364. The zero-order valence-corrected chi connectivity index (χ0v) is 11.4. The molecule has 0 aromatic carbocycles. The van der Waals surface area contributed by atoms with E-state index < -0.39 is 0 Å². The molecule has 0 spiro atoms. The molecule has 2 rings (SSSR count). The van der Waals surface area contributed by atoms with Crippen LogP contribution in [-0.4, -0.2) is 26.3 Å². The van der Waals surface area contributed by atoms with Gasteiger partial charge >= 0.3 is 0 Å². The molecule has 1 N–H and O–H groups in total. The lowest BCUT2D eigenvalue weighted by atomic mass is 10.3. The van der Waals surface area contributed by atoms with Crippen molar-refractivity contribution in [2.45, 2.75) is 13.3 Å². The lowest BCUT2D eigenvalue weighted by molar-refractivity contribution is 0.701. The molecule has 2 aromatic heterocycles. The highest BCUT2D eigenvalue weighted by Crippen LogP contribution is 2.16. The van der Waals surface area contributed by atoms with Crippen LogP contribution in [0.1, 0.15) is 11.4 Å². The van der Waals surface area contributed by atoms with E-state index in [0.717, 1.165) is 29.1 Å². The van der Waals surface area contributed by atoms with E-state index in [1.54, 1.807) is 17.2 Å². The number of rotatable bonds is 4. The first-order valence-corrected chi connectivity index (χ1v) is 6.15. The van der Waals surface area contributed by atoms with Gasteiger partial charge in [-0.2, -0.15) is 5.10 Å². The third-order valence-electron chi connectivity index (χ3n) is 2.51. The second-order valence-electron chi connectivity index (χ2n) is 3.80. The third-order valence-corrected chi connectivity index (χ3v) is 3.34. The van der Waals surface area contributed by atoms with E-state index in [4.69, 9.17) is 0 Å². The normalized spacial score (nSPS) is 10.5. The van der Waals surface area contributed by atoms with Crippen molar-refractivity contribution in [3.63, 3.8) is 0 Å². The molecule has 0 radical (unpaired) electrons. The SMILES string of the molecule is Cc1cc(NCCc2ncnn2C)ncc1Br. The van der Waals surface area contributed by atoms with Crippen molar-refractivity contribution in [2.24, 2.45) is 7.05 Å². The average molecular weight is 296 g/mol. The highest BCUT2D eigenvalue weighted by atomic mass is 79.9. The zero-order valence-electron chi connectivity index (χ0n) is 9.81. The highest BCUT2D eigenvalue weighted by molar-refractivity contribution is 9.10. The van der Waals surface area contributed by atoms with E-state index >= 15 is 0 Å². The van der Waals surface area contributed by atoms with Crippen LogP contribution in [0.25, 0.3) is 0 Å². The van der Waals surface area contributed by atoms with E-state index in [9.17, 15) is 0 Å². The van der Waals surface area contributed by atoms with Gasteiger partial charge in [0, 0.05) is 30.7 Å². The maximum Gasteiger partial charge on any atom is 0.138 e. The Hall–Kier alpha value is -1.43. The van der Waals surface area contributed by atoms with Gasteiger partial charge in [-0.25, -0.2) is 9.97 Å². The number of aromatic nitrogens is 4. The van der Waals surface area contributed by atoms with Gasteiger partial charge in [-0.15, -0.1) is 0 Å². The second-order valence-corrected chi connectivity index (χ2v) is 4.65. The van der Waals surface area contributed by atoms with Crippen LogP contribution in [0.3, 0.4) is 0 Å².